The maximum atomic E-state index is 5.86. The van der Waals surface area contributed by atoms with Crippen LogP contribution in [0.5, 0.6) is 0 Å². The first-order valence-corrected chi connectivity index (χ1v) is 7.94. The topological polar surface area (TPSA) is 29.3 Å². The van der Waals surface area contributed by atoms with Crippen molar-refractivity contribution < 1.29 is 4.42 Å². The summed E-state index contributed by atoms with van der Waals surface area (Å²) >= 11 is 0. The number of aryl methyl sites for hydroxylation is 1. The summed E-state index contributed by atoms with van der Waals surface area (Å²) in [7, 11) is 2.17. The number of rotatable bonds is 3. The molecule has 0 radical (unpaired) electrons. The van der Waals surface area contributed by atoms with Crippen LogP contribution in [0.1, 0.15) is 35.9 Å². The van der Waals surface area contributed by atoms with E-state index in [2.05, 4.69) is 41.2 Å². The van der Waals surface area contributed by atoms with Gasteiger partial charge in [-0.15, -0.1) is 0 Å². The number of hydrogen-bond donors (Lipinski definition) is 0. The molecular formula is C19H20N2O. The quantitative estimate of drug-likeness (QED) is 0.719. The summed E-state index contributed by atoms with van der Waals surface area (Å²) in [6, 6.07) is 17.2. The Morgan fingerprint density at radius 2 is 1.95 bits per heavy atom. The molecule has 3 heteroatoms. The minimum atomic E-state index is 0.458. The SMILES string of the molecule is CN(Cc1nc2ccccc2o1)[C@H]1CCCc2ccccc21. The maximum Gasteiger partial charge on any atom is 0.209 e. The van der Waals surface area contributed by atoms with Crippen LogP contribution < -0.4 is 0 Å². The van der Waals surface area contributed by atoms with Crippen LogP contribution in [0.15, 0.2) is 52.9 Å². The first-order valence-electron chi connectivity index (χ1n) is 7.94. The third-order valence-corrected chi connectivity index (χ3v) is 4.59. The summed E-state index contributed by atoms with van der Waals surface area (Å²) < 4.78 is 5.86. The van der Waals surface area contributed by atoms with Crippen molar-refractivity contribution in [1.82, 2.24) is 9.88 Å². The zero-order chi connectivity index (χ0) is 14.9. The van der Waals surface area contributed by atoms with Crippen molar-refractivity contribution in [3.05, 3.63) is 65.5 Å². The maximum absolute atomic E-state index is 5.86. The smallest absolute Gasteiger partial charge is 0.209 e. The van der Waals surface area contributed by atoms with Crippen LogP contribution >= 0.6 is 0 Å². The molecule has 3 nitrogen and oxygen atoms in total. The van der Waals surface area contributed by atoms with Crippen molar-refractivity contribution >= 4 is 11.1 Å². The fraction of sp³-hybridized carbons (Fsp3) is 0.316. The summed E-state index contributed by atoms with van der Waals surface area (Å²) in [4.78, 5) is 6.96. The summed E-state index contributed by atoms with van der Waals surface area (Å²) in [5.74, 6) is 0.798. The van der Waals surface area contributed by atoms with Gasteiger partial charge in [-0.2, -0.15) is 0 Å². The second-order valence-electron chi connectivity index (χ2n) is 6.10. The molecule has 1 aliphatic carbocycles. The standard InChI is InChI=1S/C19H20N2O/c1-21(13-19-20-16-10-4-5-12-18(16)22-19)17-11-6-8-14-7-2-3-9-15(14)17/h2-5,7,9-10,12,17H,6,8,11,13H2,1H3/t17-/m0/s1. The number of aromatic nitrogens is 1. The molecule has 0 saturated heterocycles. The fourth-order valence-corrected chi connectivity index (χ4v) is 3.50. The third-order valence-electron chi connectivity index (χ3n) is 4.59. The lowest BCUT2D eigenvalue weighted by molar-refractivity contribution is 0.196. The summed E-state index contributed by atoms with van der Waals surface area (Å²) in [6.45, 7) is 0.744. The van der Waals surface area contributed by atoms with Gasteiger partial charge >= 0.3 is 0 Å². The lowest BCUT2D eigenvalue weighted by atomic mass is 9.87. The molecule has 0 bridgehead atoms. The van der Waals surface area contributed by atoms with Crippen molar-refractivity contribution in [2.75, 3.05) is 7.05 Å². The number of para-hydroxylation sites is 2. The highest BCUT2D eigenvalue weighted by molar-refractivity contribution is 5.72. The highest BCUT2D eigenvalue weighted by Crippen LogP contribution is 2.34. The minimum absolute atomic E-state index is 0.458. The van der Waals surface area contributed by atoms with Crippen molar-refractivity contribution in [2.45, 2.75) is 31.8 Å². The fourth-order valence-electron chi connectivity index (χ4n) is 3.50. The molecule has 2 aromatic carbocycles. The number of oxazole rings is 1. The minimum Gasteiger partial charge on any atom is -0.439 e. The molecule has 0 amide bonds. The van der Waals surface area contributed by atoms with Crippen LogP contribution in [0.25, 0.3) is 11.1 Å². The number of hydrogen-bond acceptors (Lipinski definition) is 3. The van der Waals surface area contributed by atoms with Crippen molar-refractivity contribution in [3.8, 4) is 0 Å². The van der Waals surface area contributed by atoms with Gasteiger partial charge in [0, 0.05) is 6.04 Å². The second-order valence-corrected chi connectivity index (χ2v) is 6.10. The molecule has 1 aliphatic rings. The first-order chi connectivity index (χ1) is 10.8. The molecule has 3 aromatic rings. The van der Waals surface area contributed by atoms with E-state index in [0.29, 0.717) is 6.04 Å². The Morgan fingerprint density at radius 1 is 1.14 bits per heavy atom. The van der Waals surface area contributed by atoms with Gasteiger partial charge in [0.05, 0.1) is 6.54 Å². The van der Waals surface area contributed by atoms with E-state index in [0.717, 1.165) is 23.5 Å². The van der Waals surface area contributed by atoms with Gasteiger partial charge in [-0.05, 0) is 49.6 Å². The molecule has 1 atom stereocenters. The third kappa shape index (κ3) is 2.42. The molecule has 112 valence electrons. The van der Waals surface area contributed by atoms with E-state index in [1.54, 1.807) is 0 Å². The molecule has 4 rings (SSSR count). The average molecular weight is 292 g/mol. The Morgan fingerprint density at radius 3 is 2.86 bits per heavy atom. The molecule has 0 N–H and O–H groups in total. The Kier molecular flexibility index (Phi) is 3.43. The van der Waals surface area contributed by atoms with E-state index >= 15 is 0 Å². The molecular weight excluding hydrogens is 272 g/mol. The van der Waals surface area contributed by atoms with Crippen LogP contribution in [0, 0.1) is 0 Å². The zero-order valence-electron chi connectivity index (χ0n) is 12.8. The van der Waals surface area contributed by atoms with Crippen LogP contribution in [-0.4, -0.2) is 16.9 Å². The van der Waals surface area contributed by atoms with Gasteiger partial charge in [0.15, 0.2) is 5.58 Å². The molecule has 0 saturated carbocycles. The molecule has 0 spiro atoms. The molecule has 0 aliphatic heterocycles. The van der Waals surface area contributed by atoms with Gasteiger partial charge in [0.1, 0.15) is 5.52 Å². The van der Waals surface area contributed by atoms with Gasteiger partial charge in [-0.1, -0.05) is 36.4 Å². The van der Waals surface area contributed by atoms with Crippen LogP contribution in [0.3, 0.4) is 0 Å². The number of nitrogens with zero attached hydrogens (tertiary/aromatic N) is 2. The van der Waals surface area contributed by atoms with E-state index in [-0.39, 0.29) is 0 Å². The summed E-state index contributed by atoms with van der Waals surface area (Å²) in [6.07, 6.45) is 3.65. The van der Waals surface area contributed by atoms with E-state index in [9.17, 15) is 0 Å². The lowest BCUT2D eigenvalue weighted by Gasteiger charge is -2.32. The Hall–Kier alpha value is -2.13. The predicted molar refractivity (Wildman–Crippen MR) is 87.6 cm³/mol. The van der Waals surface area contributed by atoms with Gasteiger partial charge in [0.25, 0.3) is 0 Å². The largest absolute Gasteiger partial charge is 0.439 e. The Bertz CT molecular complexity index is 760. The molecule has 22 heavy (non-hydrogen) atoms. The number of fused-ring (bicyclic) bond motifs is 2. The normalized spacial score (nSPS) is 17.8. The van der Waals surface area contributed by atoms with Gasteiger partial charge in [-0.25, -0.2) is 4.98 Å². The zero-order valence-corrected chi connectivity index (χ0v) is 12.8. The van der Waals surface area contributed by atoms with Crippen molar-refractivity contribution in [2.24, 2.45) is 0 Å². The highest BCUT2D eigenvalue weighted by atomic mass is 16.3. The van der Waals surface area contributed by atoms with Crippen molar-refractivity contribution in [1.29, 1.82) is 0 Å². The Labute approximate surface area is 130 Å². The molecule has 0 unspecified atom stereocenters. The molecule has 1 aromatic heterocycles. The average Bonchev–Trinajstić information content (AvgIpc) is 2.96. The van der Waals surface area contributed by atoms with E-state index in [1.165, 1.54) is 30.4 Å². The molecule has 0 fully saturated rings. The van der Waals surface area contributed by atoms with Crippen molar-refractivity contribution in [3.63, 3.8) is 0 Å². The Balaban J connectivity index is 1.58. The summed E-state index contributed by atoms with van der Waals surface area (Å²) in [5, 5.41) is 0. The molecule has 1 heterocycles. The second kappa shape index (κ2) is 5.58. The van der Waals surface area contributed by atoms with Gasteiger partial charge in [0.2, 0.25) is 5.89 Å². The van der Waals surface area contributed by atoms with Gasteiger partial charge < -0.3 is 4.42 Å². The first kappa shape index (κ1) is 13.5. The van der Waals surface area contributed by atoms with Crippen LogP contribution in [0.2, 0.25) is 0 Å². The summed E-state index contributed by atoms with van der Waals surface area (Å²) in [5.41, 5.74) is 4.76. The van der Waals surface area contributed by atoms with Crippen LogP contribution in [-0.2, 0) is 13.0 Å². The van der Waals surface area contributed by atoms with E-state index < -0.39 is 0 Å². The van der Waals surface area contributed by atoms with E-state index in [1.807, 2.05) is 24.3 Å². The predicted octanol–water partition coefficient (Wildman–Crippen LogP) is 4.34. The van der Waals surface area contributed by atoms with E-state index in [4.69, 9.17) is 4.42 Å². The highest BCUT2D eigenvalue weighted by Gasteiger charge is 2.24. The van der Waals surface area contributed by atoms with Crippen LogP contribution in [0.4, 0.5) is 0 Å². The number of benzene rings is 2. The van der Waals surface area contributed by atoms with Gasteiger partial charge in [-0.3, -0.25) is 4.90 Å². The monoisotopic (exact) mass is 292 g/mol. The lowest BCUT2D eigenvalue weighted by Crippen LogP contribution is -2.27.